The van der Waals surface area contributed by atoms with Crippen LogP contribution in [0.3, 0.4) is 0 Å². The largest absolute Gasteiger partial charge is 0.493 e. The van der Waals surface area contributed by atoms with Crippen LogP contribution in [0.4, 0.5) is 5.69 Å². The van der Waals surface area contributed by atoms with Crippen LogP contribution in [0.15, 0.2) is 29.6 Å². The van der Waals surface area contributed by atoms with Gasteiger partial charge in [0.2, 0.25) is 5.91 Å². The highest BCUT2D eigenvalue weighted by Gasteiger charge is 2.25. The van der Waals surface area contributed by atoms with Crippen molar-refractivity contribution < 1.29 is 23.8 Å². The average Bonchev–Trinajstić information content (AvgIpc) is 3.25. The molecule has 1 aromatic carbocycles. The van der Waals surface area contributed by atoms with Gasteiger partial charge in [0.1, 0.15) is 0 Å². The minimum atomic E-state index is -0.182. The van der Waals surface area contributed by atoms with E-state index in [-0.39, 0.29) is 24.3 Å². The molecule has 1 aliphatic rings. The molecule has 1 fully saturated rings. The maximum Gasteiger partial charge on any atom is 0.254 e. The molecule has 1 aliphatic heterocycles. The van der Waals surface area contributed by atoms with Gasteiger partial charge in [-0.15, -0.1) is 11.3 Å². The summed E-state index contributed by atoms with van der Waals surface area (Å²) in [6.07, 6.45) is 2.06. The molecule has 1 saturated heterocycles. The van der Waals surface area contributed by atoms with E-state index in [9.17, 15) is 9.59 Å². The third kappa shape index (κ3) is 5.07. The molecule has 0 radical (unpaired) electrons. The molecule has 0 aliphatic carbocycles. The highest BCUT2D eigenvalue weighted by atomic mass is 32.1. The number of piperidine rings is 1. The fourth-order valence-corrected chi connectivity index (χ4v) is 4.13. The number of nitrogens with one attached hydrogen (secondary N) is 1. The Bertz CT molecular complexity index is 845. The number of carbonyl (C=O) groups is 2. The summed E-state index contributed by atoms with van der Waals surface area (Å²) in [5.41, 5.74) is 0.869. The van der Waals surface area contributed by atoms with Crippen LogP contribution in [0.2, 0.25) is 0 Å². The lowest BCUT2D eigenvalue weighted by Crippen LogP contribution is -2.40. The third-order valence-electron chi connectivity index (χ3n) is 4.98. The highest BCUT2D eigenvalue weighted by molar-refractivity contribution is 7.10. The predicted octanol–water partition coefficient (Wildman–Crippen LogP) is 3.20. The van der Waals surface area contributed by atoms with E-state index in [1.807, 2.05) is 17.5 Å². The Labute approximate surface area is 174 Å². The first kappa shape index (κ1) is 21.1. The van der Waals surface area contributed by atoms with Crippen molar-refractivity contribution >= 4 is 28.8 Å². The van der Waals surface area contributed by atoms with Gasteiger partial charge in [0.25, 0.3) is 5.91 Å². The lowest BCUT2D eigenvalue weighted by atomic mass is 10.1. The molecule has 0 saturated carbocycles. The Morgan fingerprint density at radius 3 is 2.52 bits per heavy atom. The number of carbonyl (C=O) groups excluding carboxylic acids is 2. The molecule has 3 rings (SSSR count). The Balaban J connectivity index is 1.82. The van der Waals surface area contributed by atoms with Crippen molar-refractivity contribution in [1.82, 2.24) is 4.90 Å². The SMILES string of the molecule is COc1cc(C(=O)N2CCC(OC)CC2)cc(NC(=O)Cc2cccs2)c1OC. The van der Waals surface area contributed by atoms with E-state index in [1.54, 1.807) is 24.1 Å². The van der Waals surface area contributed by atoms with Gasteiger partial charge < -0.3 is 24.4 Å². The quantitative estimate of drug-likeness (QED) is 0.747. The molecule has 2 amide bonds. The number of methoxy groups -OCH3 is 3. The lowest BCUT2D eigenvalue weighted by molar-refractivity contribution is -0.115. The van der Waals surface area contributed by atoms with Crippen LogP contribution in [0.25, 0.3) is 0 Å². The second-order valence-electron chi connectivity index (χ2n) is 6.79. The first-order valence-corrected chi connectivity index (χ1v) is 10.3. The summed E-state index contributed by atoms with van der Waals surface area (Å²) in [6.45, 7) is 1.26. The number of nitrogens with zero attached hydrogens (tertiary/aromatic N) is 1. The fraction of sp³-hybridized carbons (Fsp3) is 0.429. The summed E-state index contributed by atoms with van der Waals surface area (Å²) in [5, 5.41) is 4.79. The predicted molar refractivity (Wildman–Crippen MR) is 112 cm³/mol. The number of hydrogen-bond donors (Lipinski definition) is 1. The van der Waals surface area contributed by atoms with Crippen LogP contribution in [0.5, 0.6) is 11.5 Å². The van der Waals surface area contributed by atoms with Crippen molar-refractivity contribution in [3.05, 3.63) is 40.1 Å². The molecule has 7 nitrogen and oxygen atoms in total. The minimum absolute atomic E-state index is 0.103. The summed E-state index contributed by atoms with van der Waals surface area (Å²) >= 11 is 1.52. The van der Waals surface area contributed by atoms with Crippen molar-refractivity contribution in [2.75, 3.05) is 39.7 Å². The van der Waals surface area contributed by atoms with Gasteiger partial charge in [0.05, 0.1) is 32.4 Å². The zero-order valence-corrected chi connectivity index (χ0v) is 17.7. The van der Waals surface area contributed by atoms with E-state index in [0.29, 0.717) is 35.8 Å². The van der Waals surface area contributed by atoms with Gasteiger partial charge in [0, 0.05) is 30.6 Å². The van der Waals surface area contributed by atoms with Crippen molar-refractivity contribution in [3.63, 3.8) is 0 Å². The van der Waals surface area contributed by atoms with Gasteiger partial charge in [-0.05, 0) is 36.4 Å². The first-order chi connectivity index (χ1) is 14.0. The molecule has 8 heteroatoms. The Kier molecular flexibility index (Phi) is 7.11. The standard InChI is InChI=1S/C21H26N2O5S/c1-26-15-6-8-23(9-7-15)21(25)14-11-17(20(28-3)18(12-14)27-2)22-19(24)13-16-5-4-10-29-16/h4-5,10-12,15H,6-9,13H2,1-3H3,(H,22,24). The van der Waals surface area contributed by atoms with Crippen molar-refractivity contribution in [2.45, 2.75) is 25.4 Å². The molecule has 2 aromatic rings. The minimum Gasteiger partial charge on any atom is -0.493 e. The first-order valence-electron chi connectivity index (χ1n) is 9.46. The van der Waals surface area contributed by atoms with E-state index < -0.39 is 0 Å². The third-order valence-corrected chi connectivity index (χ3v) is 5.85. The topological polar surface area (TPSA) is 77.1 Å². The van der Waals surface area contributed by atoms with E-state index in [0.717, 1.165) is 17.7 Å². The van der Waals surface area contributed by atoms with Crippen LogP contribution in [0.1, 0.15) is 28.1 Å². The van der Waals surface area contributed by atoms with Crippen LogP contribution >= 0.6 is 11.3 Å². The summed E-state index contributed by atoms with van der Waals surface area (Å²) < 4.78 is 16.2. The molecule has 2 heterocycles. The van der Waals surface area contributed by atoms with Gasteiger partial charge in [-0.1, -0.05) is 6.07 Å². The summed E-state index contributed by atoms with van der Waals surface area (Å²) in [6, 6.07) is 7.12. The van der Waals surface area contributed by atoms with Gasteiger partial charge in [-0.3, -0.25) is 9.59 Å². The van der Waals surface area contributed by atoms with Crippen molar-refractivity contribution in [1.29, 1.82) is 0 Å². The monoisotopic (exact) mass is 418 g/mol. The molecule has 0 unspecified atom stereocenters. The van der Waals surface area contributed by atoms with Crippen molar-refractivity contribution in [2.24, 2.45) is 0 Å². The van der Waals surface area contributed by atoms with E-state index >= 15 is 0 Å². The molecule has 29 heavy (non-hydrogen) atoms. The molecule has 156 valence electrons. The van der Waals surface area contributed by atoms with Crippen molar-refractivity contribution in [3.8, 4) is 11.5 Å². The van der Waals surface area contributed by atoms with Crippen LogP contribution in [0, 0.1) is 0 Å². The van der Waals surface area contributed by atoms with Gasteiger partial charge >= 0.3 is 0 Å². The molecule has 1 N–H and O–H groups in total. The number of amides is 2. The number of thiophene rings is 1. The van der Waals surface area contributed by atoms with E-state index in [1.165, 1.54) is 25.6 Å². The van der Waals surface area contributed by atoms with Crippen LogP contribution < -0.4 is 14.8 Å². The lowest BCUT2D eigenvalue weighted by Gasteiger charge is -2.31. The number of ether oxygens (including phenoxy) is 3. The summed E-state index contributed by atoms with van der Waals surface area (Å²) in [4.78, 5) is 28.3. The maximum absolute atomic E-state index is 13.0. The normalized spacial score (nSPS) is 14.5. The molecular weight excluding hydrogens is 392 g/mol. The zero-order valence-electron chi connectivity index (χ0n) is 16.9. The van der Waals surface area contributed by atoms with E-state index in [2.05, 4.69) is 5.32 Å². The number of anilines is 1. The van der Waals surface area contributed by atoms with E-state index in [4.69, 9.17) is 14.2 Å². The maximum atomic E-state index is 13.0. The number of benzene rings is 1. The Hall–Kier alpha value is -2.58. The van der Waals surface area contributed by atoms with Gasteiger partial charge in [-0.25, -0.2) is 0 Å². The molecule has 0 atom stereocenters. The number of likely N-dealkylation sites (tertiary alicyclic amines) is 1. The average molecular weight is 419 g/mol. The van der Waals surface area contributed by atoms with Gasteiger partial charge in [0.15, 0.2) is 11.5 Å². The molecule has 0 bridgehead atoms. The number of rotatable bonds is 7. The van der Waals surface area contributed by atoms with Crippen LogP contribution in [-0.2, 0) is 16.0 Å². The molecule has 0 spiro atoms. The smallest absolute Gasteiger partial charge is 0.254 e. The summed E-state index contributed by atoms with van der Waals surface area (Å²) in [5.74, 6) is 0.505. The van der Waals surface area contributed by atoms with Gasteiger partial charge in [-0.2, -0.15) is 0 Å². The fourth-order valence-electron chi connectivity index (χ4n) is 3.42. The number of hydrogen-bond acceptors (Lipinski definition) is 6. The summed E-state index contributed by atoms with van der Waals surface area (Å²) in [7, 11) is 4.71. The zero-order chi connectivity index (χ0) is 20.8. The molecule has 1 aromatic heterocycles. The highest BCUT2D eigenvalue weighted by Crippen LogP contribution is 2.37. The Morgan fingerprint density at radius 1 is 1.17 bits per heavy atom. The molecular formula is C21H26N2O5S. The second-order valence-corrected chi connectivity index (χ2v) is 7.82. The second kappa shape index (κ2) is 9.76. The Morgan fingerprint density at radius 2 is 1.93 bits per heavy atom. The van der Waals surface area contributed by atoms with Crippen LogP contribution in [-0.4, -0.2) is 57.2 Å².